The zero-order valence-corrected chi connectivity index (χ0v) is 25.9. The molecule has 0 N–H and O–H groups in total. The molecule has 6 aromatic carbocycles. The van der Waals surface area contributed by atoms with Gasteiger partial charge in [0.25, 0.3) is 0 Å². The van der Waals surface area contributed by atoms with Crippen molar-refractivity contribution in [3.05, 3.63) is 168 Å². The van der Waals surface area contributed by atoms with Gasteiger partial charge in [-0.3, -0.25) is 0 Å². The molecule has 3 heterocycles. The Morgan fingerprint density at radius 1 is 0.565 bits per heavy atom. The van der Waals surface area contributed by atoms with Crippen molar-refractivity contribution in [2.24, 2.45) is 0 Å². The van der Waals surface area contributed by atoms with Gasteiger partial charge in [0.2, 0.25) is 6.71 Å². The van der Waals surface area contributed by atoms with E-state index in [1.165, 1.54) is 83.6 Å². The molecule has 0 saturated heterocycles. The van der Waals surface area contributed by atoms with E-state index in [9.17, 15) is 0 Å². The quantitative estimate of drug-likeness (QED) is 0.187. The van der Waals surface area contributed by atoms with E-state index in [4.69, 9.17) is 0 Å². The minimum Gasteiger partial charge on any atom is -0.311 e. The third-order valence-electron chi connectivity index (χ3n) is 10.6. The van der Waals surface area contributed by atoms with Crippen molar-refractivity contribution < 1.29 is 0 Å². The number of allylic oxidation sites excluding steroid dienone is 1. The summed E-state index contributed by atoms with van der Waals surface area (Å²) >= 11 is 0. The van der Waals surface area contributed by atoms with Crippen molar-refractivity contribution in [1.82, 2.24) is 4.57 Å². The Hall–Kier alpha value is -5.54. The molecule has 0 bridgehead atoms. The summed E-state index contributed by atoms with van der Waals surface area (Å²) in [5, 5.41) is 1.31. The molecule has 216 valence electrons. The van der Waals surface area contributed by atoms with E-state index in [1.54, 1.807) is 0 Å². The Balaban J connectivity index is 1.40. The van der Waals surface area contributed by atoms with Gasteiger partial charge in [-0.25, -0.2) is 0 Å². The summed E-state index contributed by atoms with van der Waals surface area (Å²) in [5.74, 6) is 0. The number of benzene rings is 6. The Bertz CT molecular complexity index is 2380. The van der Waals surface area contributed by atoms with Crippen molar-refractivity contribution >= 4 is 45.6 Å². The van der Waals surface area contributed by atoms with Crippen LogP contribution in [0.2, 0.25) is 0 Å². The Labute approximate surface area is 270 Å². The van der Waals surface area contributed by atoms with Crippen LogP contribution in [0.15, 0.2) is 157 Å². The monoisotopic (exact) mass is 586 g/mol. The van der Waals surface area contributed by atoms with E-state index in [-0.39, 0.29) is 12.1 Å². The highest BCUT2D eigenvalue weighted by molar-refractivity contribution is 6.96. The third-order valence-corrected chi connectivity index (χ3v) is 10.6. The SMILES string of the molecule is CC1(C)C2=C(c3ccccc31)N(c1ccccc1)c1cccc3c1B2c1cccc2c(-c4ccccc4)c(-c4ccccc4)n-3c12. The Morgan fingerprint density at radius 3 is 1.96 bits per heavy atom. The van der Waals surface area contributed by atoms with Crippen LogP contribution in [0.1, 0.15) is 25.0 Å². The zero-order chi connectivity index (χ0) is 30.6. The number of hydrogen-bond acceptors (Lipinski definition) is 1. The van der Waals surface area contributed by atoms with Crippen LogP contribution in [0.4, 0.5) is 11.4 Å². The minimum atomic E-state index is -0.157. The fourth-order valence-corrected chi connectivity index (χ4v) is 8.81. The second kappa shape index (κ2) is 9.25. The Morgan fingerprint density at radius 2 is 1.20 bits per heavy atom. The summed E-state index contributed by atoms with van der Waals surface area (Å²) in [4.78, 5) is 2.55. The molecule has 2 nitrogen and oxygen atoms in total. The fourth-order valence-electron chi connectivity index (χ4n) is 8.81. The third kappa shape index (κ3) is 3.22. The predicted molar refractivity (Wildman–Crippen MR) is 194 cm³/mol. The molecule has 7 aromatic rings. The van der Waals surface area contributed by atoms with Gasteiger partial charge in [0.15, 0.2) is 0 Å². The molecule has 1 aromatic heterocycles. The molecule has 3 aliphatic rings. The van der Waals surface area contributed by atoms with Crippen LogP contribution in [0.3, 0.4) is 0 Å². The largest absolute Gasteiger partial charge is 0.311 e. The van der Waals surface area contributed by atoms with Crippen LogP contribution in [-0.2, 0) is 5.41 Å². The summed E-state index contributed by atoms with van der Waals surface area (Å²) in [6, 6.07) is 55.9. The number of fused-ring (bicyclic) bond motifs is 5. The van der Waals surface area contributed by atoms with Gasteiger partial charge in [-0.05, 0) is 51.9 Å². The summed E-state index contributed by atoms with van der Waals surface area (Å²) in [6.07, 6.45) is 0. The lowest BCUT2D eigenvalue weighted by Crippen LogP contribution is -2.56. The van der Waals surface area contributed by atoms with Crippen LogP contribution in [-0.4, -0.2) is 11.3 Å². The minimum absolute atomic E-state index is 0.127. The van der Waals surface area contributed by atoms with Gasteiger partial charge in [0, 0.05) is 50.2 Å². The smallest absolute Gasteiger partial charge is 0.248 e. The van der Waals surface area contributed by atoms with Crippen molar-refractivity contribution in [3.8, 4) is 28.1 Å². The van der Waals surface area contributed by atoms with E-state index in [2.05, 4.69) is 175 Å². The average molecular weight is 587 g/mol. The van der Waals surface area contributed by atoms with Crippen molar-refractivity contribution in [1.29, 1.82) is 0 Å². The normalized spacial score (nSPS) is 15.2. The molecule has 2 aliphatic heterocycles. The van der Waals surface area contributed by atoms with E-state index in [1.807, 2.05) is 0 Å². The van der Waals surface area contributed by atoms with Crippen molar-refractivity contribution in [3.63, 3.8) is 0 Å². The first-order valence-electron chi connectivity index (χ1n) is 16.3. The van der Waals surface area contributed by atoms with Crippen LogP contribution in [0, 0.1) is 0 Å². The second-order valence-corrected chi connectivity index (χ2v) is 13.3. The maximum Gasteiger partial charge on any atom is 0.248 e. The maximum atomic E-state index is 2.58. The number of nitrogens with zero attached hydrogens (tertiary/aromatic N) is 2. The van der Waals surface area contributed by atoms with Crippen molar-refractivity contribution in [2.45, 2.75) is 19.3 Å². The van der Waals surface area contributed by atoms with E-state index in [0.29, 0.717) is 0 Å². The van der Waals surface area contributed by atoms with Crippen LogP contribution < -0.4 is 15.8 Å². The van der Waals surface area contributed by atoms with E-state index >= 15 is 0 Å². The lowest BCUT2D eigenvalue weighted by atomic mass is 9.30. The van der Waals surface area contributed by atoms with Gasteiger partial charge in [-0.15, -0.1) is 0 Å². The lowest BCUT2D eigenvalue weighted by molar-refractivity contribution is 0.666. The van der Waals surface area contributed by atoms with Crippen LogP contribution in [0.5, 0.6) is 0 Å². The molecule has 0 radical (unpaired) electrons. The first-order valence-corrected chi connectivity index (χ1v) is 16.3. The number of rotatable bonds is 3. The first kappa shape index (κ1) is 25.8. The van der Waals surface area contributed by atoms with Gasteiger partial charge < -0.3 is 9.47 Å². The molecule has 0 fully saturated rings. The molecule has 0 unspecified atom stereocenters. The standard InChI is InChI=1S/C43H31BN2/c1-43(2)33-24-13-12-22-31(33)41-42(43)44-34-25-14-23-32-37(28-16-6-3-7-17-28)39(29-18-8-4-9-19-29)46(40(32)34)36-27-15-26-35(38(36)44)45(41)30-20-10-5-11-21-30/h3-27H,1-2H3. The van der Waals surface area contributed by atoms with Gasteiger partial charge in [-0.2, -0.15) is 0 Å². The van der Waals surface area contributed by atoms with E-state index in [0.717, 1.165) is 0 Å². The van der Waals surface area contributed by atoms with Gasteiger partial charge in [-0.1, -0.05) is 147 Å². The van der Waals surface area contributed by atoms with Crippen LogP contribution >= 0.6 is 0 Å². The first-order chi connectivity index (χ1) is 22.6. The average Bonchev–Trinajstić information content (AvgIpc) is 3.58. The number of para-hydroxylation sites is 2. The highest BCUT2D eigenvalue weighted by Crippen LogP contribution is 2.55. The summed E-state index contributed by atoms with van der Waals surface area (Å²) in [5.41, 5.74) is 18.2. The van der Waals surface area contributed by atoms with E-state index < -0.39 is 0 Å². The molecule has 0 atom stereocenters. The van der Waals surface area contributed by atoms with Gasteiger partial charge >= 0.3 is 0 Å². The molecular formula is C43H31BN2. The lowest BCUT2D eigenvalue weighted by Gasteiger charge is -2.42. The molecule has 0 saturated carbocycles. The summed E-state index contributed by atoms with van der Waals surface area (Å²) in [6.45, 7) is 4.99. The second-order valence-electron chi connectivity index (χ2n) is 13.3. The molecule has 3 heteroatoms. The molecule has 0 spiro atoms. The number of anilines is 2. The molecule has 10 rings (SSSR count). The highest BCUT2D eigenvalue weighted by atomic mass is 15.2. The zero-order valence-electron chi connectivity index (χ0n) is 25.9. The number of aromatic nitrogens is 1. The van der Waals surface area contributed by atoms with Crippen molar-refractivity contribution in [2.75, 3.05) is 4.90 Å². The van der Waals surface area contributed by atoms with Gasteiger partial charge in [0.1, 0.15) is 0 Å². The molecule has 1 aliphatic carbocycles. The summed E-state index contributed by atoms with van der Waals surface area (Å²) in [7, 11) is 0. The van der Waals surface area contributed by atoms with Crippen LogP contribution in [0.25, 0.3) is 44.7 Å². The molecule has 0 amide bonds. The van der Waals surface area contributed by atoms with Gasteiger partial charge in [0.05, 0.1) is 5.69 Å². The molecule has 46 heavy (non-hydrogen) atoms. The molecular weight excluding hydrogens is 555 g/mol. The predicted octanol–water partition coefficient (Wildman–Crippen LogP) is 9.28. The summed E-state index contributed by atoms with van der Waals surface area (Å²) < 4.78 is 2.58. The maximum absolute atomic E-state index is 2.58. The fraction of sp³-hybridized carbons (Fsp3) is 0.0698. The Kier molecular flexibility index (Phi) is 5.18. The topological polar surface area (TPSA) is 8.17 Å². The highest BCUT2D eigenvalue weighted by Gasteiger charge is 2.52. The number of hydrogen-bond donors (Lipinski definition) is 0.